The summed E-state index contributed by atoms with van der Waals surface area (Å²) in [5.41, 5.74) is 1.50. The molecule has 0 aliphatic carbocycles. The largest absolute Gasteiger partial charge is 0.351 e. The van der Waals surface area contributed by atoms with Crippen molar-refractivity contribution in [3.63, 3.8) is 0 Å². The highest BCUT2D eigenvalue weighted by Crippen LogP contribution is 2.25. The third-order valence-electron chi connectivity index (χ3n) is 3.92. The average Bonchev–Trinajstić information content (AvgIpc) is 3.03. The van der Waals surface area contributed by atoms with Crippen LogP contribution in [0.2, 0.25) is 5.02 Å². The Morgan fingerprint density at radius 1 is 1.21 bits per heavy atom. The average molecular weight is 452 g/mol. The molecule has 0 saturated carbocycles. The number of primary sulfonamides is 1. The van der Waals surface area contributed by atoms with Crippen LogP contribution in [-0.2, 0) is 16.4 Å². The van der Waals surface area contributed by atoms with Crippen LogP contribution in [0.4, 0.5) is 10.9 Å². The number of hydrogen-bond donors (Lipinski definition) is 3. The number of carbonyl (C=O) groups excluding carboxylic acids is 1. The predicted molar refractivity (Wildman–Crippen MR) is 113 cm³/mol. The molecule has 0 radical (unpaired) electrons. The first-order valence-corrected chi connectivity index (χ1v) is 11.2. The zero-order valence-electron chi connectivity index (χ0n) is 15.3. The Bertz CT molecular complexity index is 1110. The summed E-state index contributed by atoms with van der Waals surface area (Å²) in [5.74, 6) is 0.358. The highest BCUT2D eigenvalue weighted by atomic mass is 35.5. The normalized spacial score (nSPS) is 11.3. The van der Waals surface area contributed by atoms with Gasteiger partial charge in [0.15, 0.2) is 5.13 Å². The number of carbonyl (C=O) groups is 1. The number of nitrogens with two attached hydrogens (primary N) is 1. The van der Waals surface area contributed by atoms with Gasteiger partial charge in [-0.3, -0.25) is 4.79 Å². The molecule has 11 heteroatoms. The summed E-state index contributed by atoms with van der Waals surface area (Å²) < 4.78 is 22.5. The van der Waals surface area contributed by atoms with E-state index in [1.807, 2.05) is 0 Å². The van der Waals surface area contributed by atoms with Crippen LogP contribution in [0, 0.1) is 6.92 Å². The number of nitrogens with zero attached hydrogens (tertiary/aromatic N) is 2. The number of pyridine rings is 1. The Kier molecular flexibility index (Phi) is 6.48. The quantitative estimate of drug-likeness (QED) is 0.506. The second kappa shape index (κ2) is 8.87. The van der Waals surface area contributed by atoms with Gasteiger partial charge in [0.1, 0.15) is 10.7 Å². The van der Waals surface area contributed by atoms with Gasteiger partial charge in [-0.2, -0.15) is 0 Å². The number of nitrogens with one attached hydrogen (secondary N) is 2. The van der Waals surface area contributed by atoms with Crippen molar-refractivity contribution in [3.05, 3.63) is 63.8 Å². The maximum atomic E-state index is 12.5. The number of sulfonamides is 1. The van der Waals surface area contributed by atoms with Gasteiger partial charge in [-0.25, -0.2) is 23.5 Å². The lowest BCUT2D eigenvalue weighted by atomic mass is 10.1. The van der Waals surface area contributed by atoms with Crippen LogP contribution < -0.4 is 15.8 Å². The standard InChI is InChI=1S/C18H18ClN5O3S2/c1-11-16(28-18(23-11)24-15-7-4-13(19)10-22-15)17(25)21-9-8-12-2-5-14(6-3-12)29(20,26)27/h2-7,10H,8-9H2,1H3,(H,21,25)(H2,20,26,27)(H,22,23,24). The van der Waals surface area contributed by atoms with E-state index in [0.717, 1.165) is 5.56 Å². The number of hydrogen-bond acceptors (Lipinski definition) is 7. The summed E-state index contributed by atoms with van der Waals surface area (Å²) in [4.78, 5) is 21.5. The minimum absolute atomic E-state index is 0.0563. The van der Waals surface area contributed by atoms with Crippen LogP contribution in [-0.4, -0.2) is 30.8 Å². The number of aryl methyl sites for hydroxylation is 1. The number of halogens is 1. The van der Waals surface area contributed by atoms with E-state index in [1.165, 1.54) is 29.7 Å². The molecule has 29 heavy (non-hydrogen) atoms. The second-order valence-corrected chi connectivity index (χ2v) is 9.11. The van der Waals surface area contributed by atoms with Crippen LogP contribution >= 0.6 is 22.9 Å². The SMILES string of the molecule is Cc1nc(Nc2ccc(Cl)cn2)sc1C(=O)NCCc1ccc(S(N)(=O)=O)cc1. The van der Waals surface area contributed by atoms with Crippen molar-refractivity contribution in [3.8, 4) is 0 Å². The van der Waals surface area contributed by atoms with Crippen molar-refractivity contribution in [1.82, 2.24) is 15.3 Å². The van der Waals surface area contributed by atoms with Gasteiger partial charge in [0, 0.05) is 12.7 Å². The van der Waals surface area contributed by atoms with Crippen molar-refractivity contribution in [2.24, 2.45) is 5.14 Å². The number of rotatable bonds is 7. The van der Waals surface area contributed by atoms with Gasteiger partial charge >= 0.3 is 0 Å². The van der Waals surface area contributed by atoms with E-state index in [9.17, 15) is 13.2 Å². The van der Waals surface area contributed by atoms with E-state index in [0.29, 0.717) is 39.5 Å². The first-order chi connectivity index (χ1) is 13.7. The summed E-state index contributed by atoms with van der Waals surface area (Å²) in [7, 11) is -3.71. The first kappa shape index (κ1) is 21.2. The second-order valence-electron chi connectivity index (χ2n) is 6.12. The number of benzene rings is 1. The van der Waals surface area contributed by atoms with E-state index >= 15 is 0 Å². The zero-order chi connectivity index (χ0) is 21.0. The smallest absolute Gasteiger partial charge is 0.263 e. The van der Waals surface area contributed by atoms with Gasteiger partial charge in [-0.05, 0) is 43.2 Å². The van der Waals surface area contributed by atoms with Crippen LogP contribution in [0.5, 0.6) is 0 Å². The van der Waals surface area contributed by atoms with Gasteiger partial charge in [-0.15, -0.1) is 0 Å². The molecule has 3 aromatic rings. The van der Waals surface area contributed by atoms with E-state index in [1.54, 1.807) is 31.2 Å². The highest BCUT2D eigenvalue weighted by molar-refractivity contribution is 7.89. The molecule has 4 N–H and O–H groups in total. The molecule has 0 saturated heterocycles. The molecule has 2 aromatic heterocycles. The lowest BCUT2D eigenvalue weighted by molar-refractivity contribution is 0.0957. The Labute approximate surface area is 177 Å². The van der Waals surface area contributed by atoms with Crippen molar-refractivity contribution in [2.75, 3.05) is 11.9 Å². The van der Waals surface area contributed by atoms with Crippen LogP contribution in [0.3, 0.4) is 0 Å². The van der Waals surface area contributed by atoms with Crippen LogP contribution in [0.15, 0.2) is 47.5 Å². The summed E-state index contributed by atoms with van der Waals surface area (Å²) in [6.07, 6.45) is 2.07. The first-order valence-electron chi connectivity index (χ1n) is 8.48. The van der Waals surface area contributed by atoms with E-state index in [4.69, 9.17) is 16.7 Å². The summed E-state index contributed by atoms with van der Waals surface area (Å²) in [6, 6.07) is 9.67. The number of aromatic nitrogens is 2. The lowest BCUT2D eigenvalue weighted by Gasteiger charge is -2.05. The fraction of sp³-hybridized carbons (Fsp3) is 0.167. The number of thiazole rings is 1. The van der Waals surface area contributed by atoms with Crippen LogP contribution in [0.1, 0.15) is 20.9 Å². The molecule has 0 fully saturated rings. The monoisotopic (exact) mass is 451 g/mol. The fourth-order valence-electron chi connectivity index (χ4n) is 2.47. The maximum Gasteiger partial charge on any atom is 0.263 e. The van der Waals surface area contributed by atoms with Gasteiger partial charge < -0.3 is 10.6 Å². The summed E-state index contributed by atoms with van der Waals surface area (Å²) >= 11 is 7.05. The van der Waals surface area contributed by atoms with Crippen molar-refractivity contribution in [1.29, 1.82) is 0 Å². The summed E-state index contributed by atoms with van der Waals surface area (Å²) in [6.45, 7) is 2.16. The molecular weight excluding hydrogens is 434 g/mol. The maximum absolute atomic E-state index is 12.5. The molecule has 0 spiro atoms. The zero-order valence-corrected chi connectivity index (χ0v) is 17.7. The summed E-state index contributed by atoms with van der Waals surface area (Å²) in [5, 5.41) is 12.1. The molecule has 0 aliphatic heterocycles. The highest BCUT2D eigenvalue weighted by Gasteiger charge is 2.15. The lowest BCUT2D eigenvalue weighted by Crippen LogP contribution is -2.25. The molecule has 1 amide bonds. The van der Waals surface area contributed by atoms with Crippen molar-refractivity contribution >= 4 is 49.8 Å². The topological polar surface area (TPSA) is 127 Å². The Hall–Kier alpha value is -2.53. The third kappa shape index (κ3) is 5.73. The van der Waals surface area contributed by atoms with Gasteiger partial charge in [0.25, 0.3) is 5.91 Å². The Morgan fingerprint density at radius 3 is 2.55 bits per heavy atom. The number of anilines is 2. The molecule has 8 nitrogen and oxygen atoms in total. The predicted octanol–water partition coefficient (Wildman–Crippen LogP) is 2.86. The van der Waals surface area contributed by atoms with Gasteiger partial charge in [0.2, 0.25) is 10.0 Å². The van der Waals surface area contributed by atoms with Crippen molar-refractivity contribution in [2.45, 2.75) is 18.2 Å². The Balaban J connectivity index is 1.57. The van der Waals surface area contributed by atoms with E-state index < -0.39 is 10.0 Å². The van der Waals surface area contributed by atoms with Crippen LogP contribution in [0.25, 0.3) is 0 Å². The molecule has 0 aliphatic rings. The molecule has 3 rings (SSSR count). The van der Waals surface area contributed by atoms with Gasteiger partial charge in [0.05, 0.1) is 15.6 Å². The molecule has 0 atom stereocenters. The molecular formula is C18H18ClN5O3S2. The molecule has 152 valence electrons. The van der Waals surface area contributed by atoms with E-state index in [-0.39, 0.29) is 10.8 Å². The molecule has 0 bridgehead atoms. The van der Waals surface area contributed by atoms with Gasteiger partial charge in [-0.1, -0.05) is 35.1 Å². The molecule has 2 heterocycles. The fourth-order valence-corrected chi connectivity index (χ4v) is 3.98. The molecule has 1 aromatic carbocycles. The van der Waals surface area contributed by atoms with Crippen molar-refractivity contribution < 1.29 is 13.2 Å². The Morgan fingerprint density at radius 2 is 1.93 bits per heavy atom. The van der Waals surface area contributed by atoms with E-state index in [2.05, 4.69) is 20.6 Å². The minimum Gasteiger partial charge on any atom is -0.351 e. The third-order valence-corrected chi connectivity index (χ3v) is 6.14. The minimum atomic E-state index is -3.71. The number of amides is 1. The molecule has 0 unspecified atom stereocenters.